The Hall–Kier alpha value is -1.95. The molecule has 9 nitrogen and oxygen atoms in total. The quantitative estimate of drug-likeness (QED) is 0.753. The molecule has 1 aliphatic heterocycles. The number of carboxylic acid groups (broad SMARTS) is 1. The van der Waals surface area contributed by atoms with Crippen LogP contribution in [0.25, 0.3) is 10.7 Å². The fraction of sp³-hybridized carbons (Fsp3) is 0.429. The molecule has 134 valence electrons. The van der Waals surface area contributed by atoms with Crippen LogP contribution in [-0.4, -0.2) is 51.8 Å². The summed E-state index contributed by atoms with van der Waals surface area (Å²) < 4.78 is 28.4. The van der Waals surface area contributed by atoms with Crippen molar-refractivity contribution in [2.75, 3.05) is 13.1 Å². The van der Waals surface area contributed by atoms with Crippen LogP contribution in [0.4, 0.5) is 0 Å². The van der Waals surface area contributed by atoms with E-state index in [0.717, 1.165) is 0 Å². The molecule has 1 aliphatic rings. The number of carboxylic acids is 1. The van der Waals surface area contributed by atoms with Gasteiger partial charge in [-0.25, -0.2) is 4.98 Å². The van der Waals surface area contributed by atoms with E-state index in [1.165, 1.54) is 15.6 Å². The molecular weight excluding hydrogens is 366 g/mol. The highest BCUT2D eigenvalue weighted by atomic mass is 32.2. The van der Waals surface area contributed by atoms with Crippen molar-refractivity contribution in [3.05, 3.63) is 29.7 Å². The van der Waals surface area contributed by atoms with Crippen molar-refractivity contribution in [3.8, 4) is 10.7 Å². The standard InChI is InChI=1S/C14H17N5O4S2/c20-14(21)10-2-1-5-19(8-10)25(22,23)17-6-11-9-24-13(18-11)12-7-15-3-4-16-12/h3-4,7,9-10,17H,1-2,5-6,8H2,(H,20,21)/t10-/m1/s1. The third kappa shape index (κ3) is 4.37. The maximum atomic E-state index is 12.4. The lowest BCUT2D eigenvalue weighted by Crippen LogP contribution is -2.47. The van der Waals surface area contributed by atoms with Gasteiger partial charge in [-0.2, -0.15) is 17.4 Å². The smallest absolute Gasteiger partial charge is 0.307 e. The molecule has 25 heavy (non-hydrogen) atoms. The molecule has 0 unspecified atom stereocenters. The molecule has 0 aromatic carbocycles. The van der Waals surface area contributed by atoms with Gasteiger partial charge in [0.2, 0.25) is 0 Å². The Kier molecular flexibility index (Phi) is 5.37. The third-order valence-corrected chi connectivity index (χ3v) is 6.28. The average Bonchev–Trinajstić information content (AvgIpc) is 3.10. The fourth-order valence-electron chi connectivity index (χ4n) is 2.53. The molecule has 1 fully saturated rings. The normalized spacial score (nSPS) is 19.0. The maximum Gasteiger partial charge on any atom is 0.307 e. The molecule has 11 heteroatoms. The van der Waals surface area contributed by atoms with Crippen molar-refractivity contribution < 1.29 is 18.3 Å². The first-order valence-electron chi connectivity index (χ1n) is 7.64. The van der Waals surface area contributed by atoms with E-state index in [1.54, 1.807) is 24.0 Å². The second kappa shape index (κ2) is 7.52. The lowest BCUT2D eigenvalue weighted by atomic mass is 10.0. The first kappa shape index (κ1) is 17.9. The fourth-order valence-corrected chi connectivity index (χ4v) is 4.57. The molecule has 0 bridgehead atoms. The van der Waals surface area contributed by atoms with Crippen molar-refractivity contribution in [2.45, 2.75) is 19.4 Å². The van der Waals surface area contributed by atoms with E-state index >= 15 is 0 Å². The van der Waals surface area contributed by atoms with E-state index in [4.69, 9.17) is 5.11 Å². The average molecular weight is 383 g/mol. The molecule has 0 amide bonds. The van der Waals surface area contributed by atoms with Gasteiger partial charge in [-0.3, -0.25) is 14.8 Å². The van der Waals surface area contributed by atoms with Crippen molar-refractivity contribution in [1.82, 2.24) is 24.0 Å². The van der Waals surface area contributed by atoms with Crippen LogP contribution in [-0.2, 0) is 21.5 Å². The highest BCUT2D eigenvalue weighted by molar-refractivity contribution is 7.87. The molecule has 1 saturated heterocycles. The summed E-state index contributed by atoms with van der Waals surface area (Å²) in [6.45, 7) is 0.348. The summed E-state index contributed by atoms with van der Waals surface area (Å²) in [6, 6.07) is 0. The largest absolute Gasteiger partial charge is 0.481 e. The molecule has 1 atom stereocenters. The second-order valence-corrected chi connectivity index (χ2v) is 8.21. The molecule has 2 aromatic rings. The van der Waals surface area contributed by atoms with Crippen LogP contribution in [0.1, 0.15) is 18.5 Å². The summed E-state index contributed by atoms with van der Waals surface area (Å²) in [6.07, 6.45) is 5.75. The van der Waals surface area contributed by atoms with Crippen LogP contribution in [0.3, 0.4) is 0 Å². The number of carbonyl (C=O) groups is 1. The van der Waals surface area contributed by atoms with Crippen LogP contribution < -0.4 is 4.72 Å². The van der Waals surface area contributed by atoms with Crippen molar-refractivity contribution >= 4 is 27.5 Å². The van der Waals surface area contributed by atoms with E-state index < -0.39 is 22.1 Å². The number of nitrogens with one attached hydrogen (secondary N) is 1. The number of thiazole rings is 1. The first-order valence-corrected chi connectivity index (χ1v) is 9.96. The minimum absolute atomic E-state index is 0.00735. The lowest BCUT2D eigenvalue weighted by molar-refractivity contribution is -0.142. The topological polar surface area (TPSA) is 125 Å². The van der Waals surface area contributed by atoms with Gasteiger partial charge in [-0.1, -0.05) is 0 Å². The Morgan fingerprint density at radius 1 is 1.44 bits per heavy atom. The molecule has 0 spiro atoms. The summed E-state index contributed by atoms with van der Waals surface area (Å²) >= 11 is 1.35. The monoisotopic (exact) mass is 383 g/mol. The number of aliphatic carboxylic acids is 1. The minimum Gasteiger partial charge on any atom is -0.481 e. The zero-order valence-corrected chi connectivity index (χ0v) is 14.8. The Labute approximate surface area is 148 Å². The van der Waals surface area contributed by atoms with Gasteiger partial charge in [-0.15, -0.1) is 11.3 Å². The predicted molar refractivity (Wildman–Crippen MR) is 90.8 cm³/mol. The SMILES string of the molecule is O=C(O)[C@@H]1CCCN(S(=O)(=O)NCc2csc(-c3cnccn3)n2)C1. The lowest BCUT2D eigenvalue weighted by Gasteiger charge is -2.29. The second-order valence-electron chi connectivity index (χ2n) is 5.60. The first-order chi connectivity index (χ1) is 12.0. The summed E-state index contributed by atoms with van der Waals surface area (Å²) in [7, 11) is -3.75. The molecule has 2 N–H and O–H groups in total. The van der Waals surface area contributed by atoms with Gasteiger partial charge in [0.15, 0.2) is 0 Å². The number of piperidine rings is 1. The van der Waals surface area contributed by atoms with Crippen LogP contribution >= 0.6 is 11.3 Å². The van der Waals surface area contributed by atoms with E-state index in [-0.39, 0.29) is 13.1 Å². The highest BCUT2D eigenvalue weighted by Crippen LogP contribution is 2.22. The third-order valence-electron chi connectivity index (χ3n) is 3.84. The predicted octanol–water partition coefficient (Wildman–Crippen LogP) is 0.731. The Morgan fingerprint density at radius 3 is 3.00 bits per heavy atom. The minimum atomic E-state index is -3.75. The Morgan fingerprint density at radius 2 is 2.28 bits per heavy atom. The molecule has 0 radical (unpaired) electrons. The summed E-state index contributed by atoms with van der Waals surface area (Å²) in [5.74, 6) is -1.62. The molecule has 3 heterocycles. The van der Waals surface area contributed by atoms with Crippen molar-refractivity contribution in [2.24, 2.45) is 5.92 Å². The van der Waals surface area contributed by atoms with Gasteiger partial charge in [0.1, 0.15) is 10.7 Å². The molecule has 0 saturated carbocycles. The van der Waals surface area contributed by atoms with E-state index in [2.05, 4.69) is 19.7 Å². The maximum absolute atomic E-state index is 12.4. The van der Waals surface area contributed by atoms with Gasteiger partial charge in [0.25, 0.3) is 10.2 Å². The summed E-state index contributed by atoms with van der Waals surface area (Å²) in [5, 5.41) is 11.5. The number of aromatic nitrogens is 3. The highest BCUT2D eigenvalue weighted by Gasteiger charge is 2.32. The van der Waals surface area contributed by atoms with E-state index in [0.29, 0.717) is 35.8 Å². The van der Waals surface area contributed by atoms with Gasteiger partial charge >= 0.3 is 5.97 Å². The zero-order chi connectivity index (χ0) is 17.9. The van der Waals surface area contributed by atoms with Gasteiger partial charge in [0.05, 0.1) is 24.4 Å². The molecule has 3 rings (SSSR count). The molecule has 2 aromatic heterocycles. The zero-order valence-electron chi connectivity index (χ0n) is 13.2. The number of rotatable bonds is 6. The van der Waals surface area contributed by atoms with E-state index in [1.807, 2.05) is 0 Å². The van der Waals surface area contributed by atoms with Crippen LogP contribution in [0.2, 0.25) is 0 Å². The number of hydrogen-bond acceptors (Lipinski definition) is 7. The summed E-state index contributed by atoms with van der Waals surface area (Å²) in [5.41, 5.74) is 1.20. The number of hydrogen-bond donors (Lipinski definition) is 2. The van der Waals surface area contributed by atoms with Crippen LogP contribution in [0.5, 0.6) is 0 Å². The summed E-state index contributed by atoms with van der Waals surface area (Å²) in [4.78, 5) is 23.6. The Bertz CT molecular complexity index is 840. The van der Waals surface area contributed by atoms with Crippen molar-refractivity contribution in [1.29, 1.82) is 0 Å². The molecular formula is C14H17N5O4S2. The van der Waals surface area contributed by atoms with Crippen LogP contribution in [0, 0.1) is 5.92 Å². The number of nitrogens with zero attached hydrogens (tertiary/aromatic N) is 4. The van der Waals surface area contributed by atoms with Crippen molar-refractivity contribution in [3.63, 3.8) is 0 Å². The van der Waals surface area contributed by atoms with Crippen LogP contribution in [0.15, 0.2) is 24.0 Å². The van der Waals surface area contributed by atoms with Gasteiger partial charge in [-0.05, 0) is 12.8 Å². The van der Waals surface area contributed by atoms with Gasteiger partial charge in [0, 0.05) is 30.9 Å². The van der Waals surface area contributed by atoms with E-state index in [9.17, 15) is 13.2 Å². The molecule has 0 aliphatic carbocycles. The Balaban J connectivity index is 1.63. The van der Waals surface area contributed by atoms with Gasteiger partial charge < -0.3 is 5.11 Å².